The predicted octanol–water partition coefficient (Wildman–Crippen LogP) is 2.42. The molecule has 2 unspecified atom stereocenters. The van der Waals surface area contributed by atoms with Gasteiger partial charge in [0.15, 0.2) is 0 Å². The molecular formula is C17H15NO. The van der Waals surface area contributed by atoms with Gasteiger partial charge in [-0.25, -0.2) is 0 Å². The fourth-order valence-corrected chi connectivity index (χ4v) is 3.68. The van der Waals surface area contributed by atoms with Crippen molar-refractivity contribution in [2.75, 3.05) is 0 Å². The lowest BCUT2D eigenvalue weighted by molar-refractivity contribution is -0.122. The van der Waals surface area contributed by atoms with Gasteiger partial charge in [0.25, 0.3) is 0 Å². The third kappa shape index (κ3) is 1.34. The van der Waals surface area contributed by atoms with Gasteiger partial charge in [-0.3, -0.25) is 4.79 Å². The topological polar surface area (TPSA) is 29.1 Å². The Bertz CT molecular complexity index is 649. The van der Waals surface area contributed by atoms with E-state index < -0.39 is 5.41 Å². The van der Waals surface area contributed by atoms with E-state index in [0.29, 0.717) is 0 Å². The molecule has 0 saturated carbocycles. The van der Waals surface area contributed by atoms with Gasteiger partial charge in [-0.1, -0.05) is 54.6 Å². The predicted molar refractivity (Wildman–Crippen MR) is 73.9 cm³/mol. The molecule has 2 nitrogen and oxygen atoms in total. The molecule has 0 spiro atoms. The number of hydrogen-bond donors (Lipinski definition) is 1. The van der Waals surface area contributed by atoms with Crippen molar-refractivity contribution in [2.24, 2.45) is 0 Å². The van der Waals surface area contributed by atoms with Crippen LogP contribution in [0.3, 0.4) is 0 Å². The van der Waals surface area contributed by atoms with Crippen LogP contribution in [0.2, 0.25) is 0 Å². The molecule has 0 aromatic heterocycles. The van der Waals surface area contributed by atoms with Gasteiger partial charge < -0.3 is 5.32 Å². The van der Waals surface area contributed by atoms with Crippen LogP contribution in [-0.2, 0) is 16.6 Å². The Morgan fingerprint density at radius 1 is 1.00 bits per heavy atom. The van der Waals surface area contributed by atoms with E-state index in [2.05, 4.69) is 35.6 Å². The van der Waals surface area contributed by atoms with Gasteiger partial charge in [0.2, 0.25) is 5.91 Å². The zero-order valence-corrected chi connectivity index (χ0v) is 10.6. The summed E-state index contributed by atoms with van der Waals surface area (Å²) in [5, 5.41) is 3.16. The maximum absolute atomic E-state index is 12.6. The number of carbonyl (C=O) groups is 1. The summed E-state index contributed by atoms with van der Waals surface area (Å²) >= 11 is 0. The zero-order chi connectivity index (χ0) is 12.9. The fourth-order valence-electron chi connectivity index (χ4n) is 3.68. The fraction of sp³-hybridized carbons (Fsp3) is 0.235. The van der Waals surface area contributed by atoms with E-state index in [9.17, 15) is 4.79 Å². The molecule has 1 aliphatic heterocycles. The quantitative estimate of drug-likeness (QED) is 0.826. The summed E-state index contributed by atoms with van der Waals surface area (Å²) in [5.41, 5.74) is 3.14. The van der Waals surface area contributed by atoms with Gasteiger partial charge >= 0.3 is 0 Å². The van der Waals surface area contributed by atoms with Crippen LogP contribution in [0.1, 0.15) is 23.1 Å². The first-order valence-corrected chi connectivity index (χ1v) is 6.75. The van der Waals surface area contributed by atoms with Crippen molar-refractivity contribution in [2.45, 2.75) is 24.3 Å². The number of rotatable bonds is 1. The summed E-state index contributed by atoms with van der Waals surface area (Å²) in [6.07, 6.45) is 1.84. The normalized spacial score (nSPS) is 27.8. The van der Waals surface area contributed by atoms with Crippen LogP contribution in [0.4, 0.5) is 0 Å². The third-order valence-electron chi connectivity index (χ3n) is 4.49. The Kier molecular flexibility index (Phi) is 2.10. The van der Waals surface area contributed by atoms with E-state index >= 15 is 0 Å². The molecule has 1 aliphatic carbocycles. The van der Waals surface area contributed by atoms with Crippen LogP contribution in [0, 0.1) is 0 Å². The molecule has 1 heterocycles. The van der Waals surface area contributed by atoms with E-state index in [4.69, 9.17) is 0 Å². The van der Waals surface area contributed by atoms with E-state index in [1.165, 1.54) is 11.1 Å². The third-order valence-corrected chi connectivity index (χ3v) is 4.49. The zero-order valence-electron chi connectivity index (χ0n) is 10.6. The molecule has 2 bridgehead atoms. The Balaban J connectivity index is 2.02. The van der Waals surface area contributed by atoms with Crippen molar-refractivity contribution < 1.29 is 4.79 Å². The molecule has 2 aromatic rings. The summed E-state index contributed by atoms with van der Waals surface area (Å²) in [6, 6.07) is 18.8. The minimum absolute atomic E-state index is 0.161. The lowest BCUT2D eigenvalue weighted by Gasteiger charge is -2.33. The van der Waals surface area contributed by atoms with E-state index in [1.54, 1.807) is 0 Å². The largest absolute Gasteiger partial charge is 0.352 e. The van der Waals surface area contributed by atoms with Crippen molar-refractivity contribution in [3.63, 3.8) is 0 Å². The molecule has 1 amide bonds. The smallest absolute Gasteiger partial charge is 0.235 e. The highest BCUT2D eigenvalue weighted by molar-refractivity contribution is 5.95. The summed E-state index contributed by atoms with van der Waals surface area (Å²) in [7, 11) is 0. The summed E-state index contributed by atoms with van der Waals surface area (Å²) < 4.78 is 0. The first-order valence-electron chi connectivity index (χ1n) is 6.75. The van der Waals surface area contributed by atoms with Gasteiger partial charge in [0.05, 0.1) is 0 Å². The van der Waals surface area contributed by atoms with E-state index in [-0.39, 0.29) is 11.9 Å². The molecule has 1 N–H and O–H groups in total. The molecule has 19 heavy (non-hydrogen) atoms. The lowest BCUT2D eigenvalue weighted by Crippen LogP contribution is -2.37. The second-order valence-electron chi connectivity index (χ2n) is 5.51. The number of fused-ring (bicyclic) bond motifs is 4. The molecule has 2 heteroatoms. The van der Waals surface area contributed by atoms with Crippen LogP contribution in [0.15, 0.2) is 54.6 Å². The van der Waals surface area contributed by atoms with Gasteiger partial charge in [0, 0.05) is 6.04 Å². The Morgan fingerprint density at radius 3 is 2.58 bits per heavy atom. The first-order chi connectivity index (χ1) is 9.30. The molecule has 2 atom stereocenters. The summed E-state index contributed by atoms with van der Waals surface area (Å²) in [6.45, 7) is 0. The highest BCUT2D eigenvalue weighted by atomic mass is 16.2. The molecule has 1 fully saturated rings. The Hall–Kier alpha value is -2.09. The highest BCUT2D eigenvalue weighted by Crippen LogP contribution is 2.46. The van der Waals surface area contributed by atoms with Gasteiger partial charge in [0.1, 0.15) is 5.41 Å². The van der Waals surface area contributed by atoms with Crippen molar-refractivity contribution in [3.05, 3.63) is 71.3 Å². The van der Waals surface area contributed by atoms with Gasteiger partial charge in [-0.15, -0.1) is 0 Å². The molecule has 2 aromatic carbocycles. The highest BCUT2D eigenvalue weighted by Gasteiger charge is 2.52. The average Bonchev–Trinajstić information content (AvgIpc) is 2.73. The monoisotopic (exact) mass is 249 g/mol. The first kappa shape index (κ1) is 10.8. The van der Waals surface area contributed by atoms with E-state index in [0.717, 1.165) is 18.4 Å². The van der Waals surface area contributed by atoms with Crippen LogP contribution in [0.25, 0.3) is 0 Å². The standard InChI is InChI=1S/C17H15NO/c19-16-17(13-7-2-1-3-8-13)11-14(18-16)10-12-6-4-5-9-15(12)17/h1-9,14H,10-11H2,(H,18,19). The number of nitrogens with one attached hydrogen (secondary N) is 1. The molecule has 0 radical (unpaired) electrons. The number of amides is 1. The minimum atomic E-state index is -0.471. The van der Waals surface area contributed by atoms with Crippen LogP contribution < -0.4 is 5.32 Å². The molecule has 1 saturated heterocycles. The second kappa shape index (κ2) is 3.70. The van der Waals surface area contributed by atoms with Gasteiger partial charge in [-0.05, 0) is 29.5 Å². The van der Waals surface area contributed by atoms with E-state index in [1.807, 2.05) is 24.3 Å². The van der Waals surface area contributed by atoms with Crippen molar-refractivity contribution >= 4 is 5.91 Å². The lowest BCUT2D eigenvalue weighted by atomic mass is 9.67. The number of benzene rings is 2. The average molecular weight is 249 g/mol. The SMILES string of the molecule is O=C1NC2Cc3ccccc3C1(c1ccccc1)C2. The van der Waals surface area contributed by atoms with Crippen molar-refractivity contribution in [3.8, 4) is 0 Å². The minimum Gasteiger partial charge on any atom is -0.352 e. The van der Waals surface area contributed by atoms with Crippen molar-refractivity contribution in [1.29, 1.82) is 0 Å². The number of hydrogen-bond acceptors (Lipinski definition) is 1. The maximum Gasteiger partial charge on any atom is 0.235 e. The Labute approximate surface area is 112 Å². The van der Waals surface area contributed by atoms with Gasteiger partial charge in [-0.2, -0.15) is 0 Å². The number of carbonyl (C=O) groups excluding carboxylic acids is 1. The van der Waals surface area contributed by atoms with Crippen LogP contribution >= 0.6 is 0 Å². The van der Waals surface area contributed by atoms with Crippen LogP contribution in [-0.4, -0.2) is 11.9 Å². The summed E-state index contributed by atoms with van der Waals surface area (Å²) in [5.74, 6) is 0.161. The molecular weight excluding hydrogens is 234 g/mol. The second-order valence-corrected chi connectivity index (χ2v) is 5.51. The molecule has 94 valence electrons. The molecule has 2 aliphatic rings. The van der Waals surface area contributed by atoms with Crippen LogP contribution in [0.5, 0.6) is 0 Å². The summed E-state index contributed by atoms with van der Waals surface area (Å²) in [4.78, 5) is 12.6. The maximum atomic E-state index is 12.6. The molecule has 4 rings (SSSR count). The van der Waals surface area contributed by atoms with Crippen molar-refractivity contribution in [1.82, 2.24) is 5.32 Å². The Morgan fingerprint density at radius 2 is 1.74 bits per heavy atom.